The fraction of sp³-hybridized carbons (Fsp3) is 0.0500. The van der Waals surface area contributed by atoms with Crippen molar-refractivity contribution < 1.29 is 18.0 Å². The molecule has 0 unspecified atom stereocenters. The van der Waals surface area contributed by atoms with E-state index in [2.05, 4.69) is 25.3 Å². The van der Waals surface area contributed by atoms with Crippen LogP contribution in [0.25, 0.3) is 33.7 Å². The van der Waals surface area contributed by atoms with Crippen LogP contribution in [0.5, 0.6) is 0 Å². The number of anilines is 1. The largest absolute Gasteiger partial charge is 0.461 e. The Hall–Kier alpha value is -4.01. The number of rotatable bonds is 4. The van der Waals surface area contributed by atoms with Crippen LogP contribution in [0.1, 0.15) is 22.6 Å². The number of carbonyl (C=O) groups is 1. The third-order valence-corrected chi connectivity index (χ3v) is 4.46. The predicted molar refractivity (Wildman–Crippen MR) is 103 cm³/mol. The number of aromatic amines is 2. The molecule has 0 saturated carbocycles. The molecule has 0 aliphatic carbocycles. The average molecular weight is 393 g/mol. The highest BCUT2D eigenvalue weighted by atomic mass is 19.3. The first-order valence-corrected chi connectivity index (χ1v) is 8.69. The second-order valence-electron chi connectivity index (χ2n) is 6.40. The maximum Gasteiger partial charge on any atom is 0.295 e. The number of carbonyl (C=O) groups excluding carboxylic acids is 1. The summed E-state index contributed by atoms with van der Waals surface area (Å²) in [5.41, 5.74) is 3.10. The van der Waals surface area contributed by atoms with Crippen LogP contribution in [-0.2, 0) is 0 Å². The average Bonchev–Trinajstić information content (AvgIpc) is 3.44. The Balaban J connectivity index is 1.41. The van der Waals surface area contributed by atoms with Crippen molar-refractivity contribution in [1.29, 1.82) is 0 Å². The quantitative estimate of drug-likeness (QED) is 0.405. The molecule has 29 heavy (non-hydrogen) atoms. The smallest absolute Gasteiger partial charge is 0.295 e. The van der Waals surface area contributed by atoms with Gasteiger partial charge in [-0.05, 0) is 48.5 Å². The van der Waals surface area contributed by atoms with E-state index in [9.17, 15) is 13.6 Å². The molecule has 1 amide bonds. The second kappa shape index (κ2) is 6.55. The van der Waals surface area contributed by atoms with Gasteiger partial charge < -0.3 is 19.7 Å². The molecule has 0 spiro atoms. The zero-order chi connectivity index (χ0) is 20.0. The van der Waals surface area contributed by atoms with Crippen molar-refractivity contribution in [3.05, 3.63) is 66.2 Å². The minimum Gasteiger partial charge on any atom is -0.461 e. The standard InChI is InChI=1S/C20H13F2N5O2/c21-17(22)19-25-12-5-3-10(8-14(12)27-19)20(28)23-11-4-6-13-15(9-11)26-18(24-13)16-2-1-7-29-16/h1-9,17H,(H,23,28)(H,24,26)(H,25,27). The third kappa shape index (κ3) is 3.12. The molecule has 0 fully saturated rings. The van der Waals surface area contributed by atoms with E-state index in [0.717, 1.165) is 11.0 Å². The summed E-state index contributed by atoms with van der Waals surface area (Å²) < 4.78 is 30.9. The summed E-state index contributed by atoms with van der Waals surface area (Å²) in [5, 5.41) is 2.80. The number of fused-ring (bicyclic) bond motifs is 2. The van der Waals surface area contributed by atoms with E-state index in [1.54, 1.807) is 36.6 Å². The number of H-pyrrole nitrogens is 2. The summed E-state index contributed by atoms with van der Waals surface area (Å²) in [5.74, 6) is 0.413. The molecule has 9 heteroatoms. The van der Waals surface area contributed by atoms with Gasteiger partial charge in [0.1, 0.15) is 0 Å². The maximum atomic E-state index is 12.8. The molecule has 5 aromatic rings. The maximum absolute atomic E-state index is 12.8. The lowest BCUT2D eigenvalue weighted by atomic mass is 10.2. The fourth-order valence-electron chi connectivity index (χ4n) is 3.09. The van der Waals surface area contributed by atoms with Crippen LogP contribution in [0, 0.1) is 0 Å². The molecule has 3 N–H and O–H groups in total. The first-order chi connectivity index (χ1) is 14.1. The number of hydrogen-bond acceptors (Lipinski definition) is 4. The fourth-order valence-corrected chi connectivity index (χ4v) is 3.09. The molecular formula is C20H13F2N5O2. The van der Waals surface area contributed by atoms with Gasteiger partial charge in [0, 0.05) is 11.3 Å². The van der Waals surface area contributed by atoms with Gasteiger partial charge in [0.15, 0.2) is 17.4 Å². The van der Waals surface area contributed by atoms with Gasteiger partial charge in [0.2, 0.25) is 0 Å². The van der Waals surface area contributed by atoms with Gasteiger partial charge in [0.05, 0.1) is 28.3 Å². The Labute approximate surface area is 161 Å². The van der Waals surface area contributed by atoms with Crippen molar-refractivity contribution in [2.24, 2.45) is 0 Å². The number of nitrogens with one attached hydrogen (secondary N) is 3. The zero-order valence-corrected chi connectivity index (χ0v) is 14.7. The number of amides is 1. The third-order valence-electron chi connectivity index (χ3n) is 4.46. The number of aromatic nitrogens is 4. The van der Waals surface area contributed by atoms with Crippen LogP contribution < -0.4 is 5.32 Å². The van der Waals surface area contributed by atoms with E-state index < -0.39 is 12.2 Å². The first kappa shape index (κ1) is 17.1. The van der Waals surface area contributed by atoms with Crippen molar-refractivity contribution in [3.63, 3.8) is 0 Å². The van der Waals surface area contributed by atoms with Crippen LogP contribution in [0.15, 0.2) is 59.2 Å². The summed E-state index contributed by atoms with van der Waals surface area (Å²) >= 11 is 0. The van der Waals surface area contributed by atoms with Gasteiger partial charge in [-0.3, -0.25) is 4.79 Å². The SMILES string of the molecule is O=C(Nc1ccc2nc(-c3ccco3)[nH]c2c1)c1ccc2nc(C(F)F)[nH]c2c1. The number of nitrogens with zero attached hydrogens (tertiary/aromatic N) is 2. The summed E-state index contributed by atoms with van der Waals surface area (Å²) in [6.45, 7) is 0. The highest BCUT2D eigenvalue weighted by Gasteiger charge is 2.15. The topological polar surface area (TPSA) is 99.6 Å². The van der Waals surface area contributed by atoms with E-state index in [-0.39, 0.29) is 5.91 Å². The minimum absolute atomic E-state index is 0.322. The van der Waals surface area contributed by atoms with Gasteiger partial charge in [-0.15, -0.1) is 0 Å². The number of furan rings is 1. The zero-order valence-electron chi connectivity index (χ0n) is 14.7. The van der Waals surface area contributed by atoms with Gasteiger partial charge in [0.25, 0.3) is 12.3 Å². The Kier molecular flexibility index (Phi) is 3.87. The van der Waals surface area contributed by atoms with E-state index in [0.29, 0.717) is 33.9 Å². The molecule has 0 bridgehead atoms. The lowest BCUT2D eigenvalue weighted by Crippen LogP contribution is -2.11. The van der Waals surface area contributed by atoms with Crippen LogP contribution in [0.3, 0.4) is 0 Å². The van der Waals surface area contributed by atoms with Crippen LogP contribution in [0.4, 0.5) is 14.5 Å². The Morgan fingerprint density at radius 2 is 1.79 bits per heavy atom. The molecule has 2 aromatic carbocycles. The Morgan fingerprint density at radius 3 is 2.59 bits per heavy atom. The monoisotopic (exact) mass is 393 g/mol. The van der Waals surface area contributed by atoms with Gasteiger partial charge in [-0.25, -0.2) is 18.7 Å². The predicted octanol–water partition coefficient (Wildman–Crippen LogP) is 4.89. The number of imidazole rings is 2. The lowest BCUT2D eigenvalue weighted by Gasteiger charge is -2.05. The Morgan fingerprint density at radius 1 is 1.00 bits per heavy atom. The minimum atomic E-state index is -2.70. The van der Waals surface area contributed by atoms with Gasteiger partial charge in [-0.1, -0.05) is 0 Å². The molecule has 5 rings (SSSR count). The lowest BCUT2D eigenvalue weighted by molar-refractivity contribution is 0.102. The molecule has 0 atom stereocenters. The van der Waals surface area contributed by atoms with E-state index in [1.165, 1.54) is 18.2 Å². The van der Waals surface area contributed by atoms with E-state index >= 15 is 0 Å². The van der Waals surface area contributed by atoms with Crippen molar-refractivity contribution >= 4 is 33.7 Å². The first-order valence-electron chi connectivity index (χ1n) is 8.69. The molecule has 7 nitrogen and oxygen atoms in total. The normalized spacial score (nSPS) is 11.6. The molecule has 0 saturated heterocycles. The molecule has 0 aliphatic heterocycles. The van der Waals surface area contributed by atoms with Crippen molar-refractivity contribution in [2.75, 3.05) is 5.32 Å². The molecule has 0 aliphatic rings. The Bertz CT molecular complexity index is 1340. The van der Waals surface area contributed by atoms with Crippen molar-refractivity contribution in [2.45, 2.75) is 6.43 Å². The van der Waals surface area contributed by atoms with Crippen LogP contribution >= 0.6 is 0 Å². The summed E-state index contributed by atoms with van der Waals surface area (Å²) in [6, 6.07) is 13.4. The number of alkyl halides is 2. The summed E-state index contributed by atoms with van der Waals surface area (Å²) in [7, 11) is 0. The highest BCUT2D eigenvalue weighted by Crippen LogP contribution is 2.24. The molecular weight excluding hydrogens is 380 g/mol. The summed E-state index contributed by atoms with van der Waals surface area (Å²) in [6.07, 6.45) is -1.14. The van der Waals surface area contributed by atoms with E-state index in [4.69, 9.17) is 4.42 Å². The second-order valence-corrected chi connectivity index (χ2v) is 6.40. The molecule has 0 radical (unpaired) electrons. The summed E-state index contributed by atoms with van der Waals surface area (Å²) in [4.78, 5) is 26.5. The van der Waals surface area contributed by atoms with Crippen LogP contribution in [-0.4, -0.2) is 25.8 Å². The number of halogens is 2. The highest BCUT2D eigenvalue weighted by molar-refractivity contribution is 6.06. The van der Waals surface area contributed by atoms with Crippen LogP contribution in [0.2, 0.25) is 0 Å². The molecule has 3 aromatic heterocycles. The number of benzene rings is 2. The molecule has 3 heterocycles. The molecule has 144 valence electrons. The van der Waals surface area contributed by atoms with Gasteiger partial charge >= 0.3 is 0 Å². The number of hydrogen-bond donors (Lipinski definition) is 3. The van der Waals surface area contributed by atoms with E-state index in [1.807, 2.05) is 0 Å². The van der Waals surface area contributed by atoms with Crippen molar-refractivity contribution in [3.8, 4) is 11.6 Å². The van der Waals surface area contributed by atoms with Gasteiger partial charge in [-0.2, -0.15) is 0 Å². The van der Waals surface area contributed by atoms with Crippen molar-refractivity contribution in [1.82, 2.24) is 19.9 Å².